The van der Waals surface area contributed by atoms with Gasteiger partial charge in [0, 0.05) is 38.5 Å². The Hall–Kier alpha value is -2.28. The third-order valence-corrected chi connectivity index (χ3v) is 4.25. The molecule has 1 aliphatic rings. The highest BCUT2D eigenvalue weighted by molar-refractivity contribution is 5.89. The number of aliphatic imine (C=N–C) groups is 1. The summed E-state index contributed by atoms with van der Waals surface area (Å²) in [5, 5.41) is 12.2. The van der Waals surface area contributed by atoms with Crippen LogP contribution in [0.15, 0.2) is 29.3 Å². The monoisotopic (exact) mass is 361 g/mol. The number of ether oxygens (including phenoxy) is 1. The second-order valence-corrected chi connectivity index (χ2v) is 7.13. The first-order valence-corrected chi connectivity index (χ1v) is 9.15. The minimum Gasteiger partial charge on any atom is -0.373 e. The molecule has 0 radical (unpaired) electrons. The number of hydrogen-bond donors (Lipinski definition) is 4. The average molecular weight is 361 g/mol. The maximum absolute atomic E-state index is 11.7. The van der Waals surface area contributed by atoms with Crippen LogP contribution in [0.2, 0.25) is 0 Å². The van der Waals surface area contributed by atoms with Crippen molar-refractivity contribution < 1.29 is 9.53 Å². The molecule has 0 aliphatic carbocycles. The number of urea groups is 1. The summed E-state index contributed by atoms with van der Waals surface area (Å²) in [5.74, 6) is 0.750. The van der Waals surface area contributed by atoms with Gasteiger partial charge in [0.1, 0.15) is 0 Å². The number of anilines is 1. The zero-order valence-corrected chi connectivity index (χ0v) is 16.2. The van der Waals surface area contributed by atoms with Crippen LogP contribution in [0.25, 0.3) is 0 Å². The van der Waals surface area contributed by atoms with Gasteiger partial charge < -0.3 is 26.0 Å². The number of rotatable bonds is 6. The van der Waals surface area contributed by atoms with E-state index in [9.17, 15) is 4.79 Å². The molecule has 0 spiro atoms. The van der Waals surface area contributed by atoms with Crippen molar-refractivity contribution in [1.82, 2.24) is 16.0 Å². The Morgan fingerprint density at radius 1 is 1.27 bits per heavy atom. The van der Waals surface area contributed by atoms with Gasteiger partial charge in [-0.1, -0.05) is 12.1 Å². The van der Waals surface area contributed by atoms with Gasteiger partial charge in [0.05, 0.1) is 5.60 Å². The van der Waals surface area contributed by atoms with Crippen molar-refractivity contribution in [2.24, 2.45) is 4.99 Å². The van der Waals surface area contributed by atoms with Gasteiger partial charge in [-0.25, -0.2) is 4.79 Å². The zero-order valence-electron chi connectivity index (χ0n) is 16.2. The maximum atomic E-state index is 11.7. The third kappa shape index (κ3) is 6.55. The number of amides is 2. The molecular weight excluding hydrogens is 330 g/mol. The molecule has 1 unspecified atom stereocenters. The van der Waals surface area contributed by atoms with E-state index in [1.165, 1.54) is 0 Å². The molecule has 2 rings (SSSR count). The number of nitrogens with one attached hydrogen (secondary N) is 4. The Morgan fingerprint density at radius 3 is 2.58 bits per heavy atom. The molecule has 2 amide bonds. The van der Waals surface area contributed by atoms with Crippen molar-refractivity contribution in [3.8, 4) is 0 Å². The highest BCUT2D eigenvalue weighted by Gasteiger charge is 2.29. The number of benzene rings is 1. The van der Waals surface area contributed by atoms with Crippen molar-refractivity contribution in [2.75, 3.05) is 25.5 Å². The largest absolute Gasteiger partial charge is 0.373 e. The molecule has 1 aromatic carbocycles. The number of carbonyl (C=O) groups excluding carboxylic acids is 1. The fraction of sp³-hybridized carbons (Fsp3) is 0.579. The summed E-state index contributed by atoms with van der Waals surface area (Å²) in [4.78, 5) is 16.0. The maximum Gasteiger partial charge on any atom is 0.319 e. The van der Waals surface area contributed by atoms with E-state index < -0.39 is 0 Å². The molecule has 4 N–H and O–H groups in total. The van der Waals surface area contributed by atoms with Crippen molar-refractivity contribution in [3.63, 3.8) is 0 Å². The molecule has 144 valence electrons. The molecule has 0 bridgehead atoms. The van der Waals surface area contributed by atoms with E-state index in [1.54, 1.807) is 7.05 Å². The van der Waals surface area contributed by atoms with Crippen molar-refractivity contribution in [1.29, 1.82) is 0 Å². The van der Waals surface area contributed by atoms with Crippen LogP contribution in [0.5, 0.6) is 0 Å². The van der Waals surface area contributed by atoms with Crippen LogP contribution in [-0.4, -0.2) is 43.8 Å². The molecule has 26 heavy (non-hydrogen) atoms. The van der Waals surface area contributed by atoms with Gasteiger partial charge in [0.15, 0.2) is 5.96 Å². The van der Waals surface area contributed by atoms with Crippen molar-refractivity contribution >= 4 is 17.7 Å². The molecule has 1 saturated heterocycles. The van der Waals surface area contributed by atoms with Crippen molar-refractivity contribution in [2.45, 2.75) is 51.8 Å². The molecule has 1 heterocycles. The van der Waals surface area contributed by atoms with E-state index in [1.807, 2.05) is 38.1 Å². The molecule has 7 heteroatoms. The van der Waals surface area contributed by atoms with E-state index in [2.05, 4.69) is 33.2 Å². The molecule has 1 fully saturated rings. The Bertz CT molecular complexity index is 607. The Kier molecular flexibility index (Phi) is 7.26. The lowest BCUT2D eigenvalue weighted by atomic mass is 10.0. The standard InChI is InChI=1S/C19H31N5O2/c1-14(2)23-18(25)24-16-8-6-15(7-9-16)12-21-17(20-4)22-13-19(3)10-5-11-26-19/h6-9,14H,5,10-13H2,1-4H3,(H2,20,21,22)(H2,23,24,25). The Morgan fingerprint density at radius 2 is 2.00 bits per heavy atom. The molecule has 7 nitrogen and oxygen atoms in total. The van der Waals surface area contributed by atoms with E-state index in [0.717, 1.165) is 43.2 Å². The van der Waals surface area contributed by atoms with Crippen LogP contribution >= 0.6 is 0 Å². The van der Waals surface area contributed by atoms with Gasteiger partial charge >= 0.3 is 6.03 Å². The lowest BCUT2D eigenvalue weighted by Gasteiger charge is -2.24. The van der Waals surface area contributed by atoms with Gasteiger partial charge in [-0.3, -0.25) is 4.99 Å². The van der Waals surface area contributed by atoms with E-state index >= 15 is 0 Å². The normalized spacial score (nSPS) is 20.1. The van der Waals surface area contributed by atoms with E-state index in [4.69, 9.17) is 4.74 Å². The molecular formula is C19H31N5O2. The minimum atomic E-state index is -0.196. The fourth-order valence-corrected chi connectivity index (χ4v) is 2.79. The number of hydrogen-bond acceptors (Lipinski definition) is 3. The number of carbonyl (C=O) groups is 1. The molecule has 0 saturated carbocycles. The highest BCUT2D eigenvalue weighted by Crippen LogP contribution is 2.23. The van der Waals surface area contributed by atoms with E-state index in [-0.39, 0.29) is 17.7 Å². The van der Waals surface area contributed by atoms with E-state index in [0.29, 0.717) is 6.54 Å². The molecule has 1 aliphatic heterocycles. The van der Waals surface area contributed by atoms with Crippen LogP contribution in [0.3, 0.4) is 0 Å². The SMILES string of the molecule is CN=C(NCc1ccc(NC(=O)NC(C)C)cc1)NCC1(C)CCCO1. The Labute approximate surface area is 156 Å². The third-order valence-electron chi connectivity index (χ3n) is 4.25. The Balaban J connectivity index is 1.77. The highest BCUT2D eigenvalue weighted by atomic mass is 16.5. The predicted molar refractivity (Wildman–Crippen MR) is 106 cm³/mol. The second-order valence-electron chi connectivity index (χ2n) is 7.13. The zero-order chi connectivity index (χ0) is 19.0. The quantitative estimate of drug-likeness (QED) is 0.463. The van der Waals surface area contributed by atoms with Gasteiger partial charge in [-0.15, -0.1) is 0 Å². The molecule has 0 aromatic heterocycles. The summed E-state index contributed by atoms with van der Waals surface area (Å²) >= 11 is 0. The van der Waals surface area contributed by atoms with Gasteiger partial charge in [-0.05, 0) is 51.3 Å². The minimum absolute atomic E-state index is 0.106. The predicted octanol–water partition coefficient (Wildman–Crippen LogP) is 2.45. The van der Waals surface area contributed by atoms with Gasteiger partial charge in [0.2, 0.25) is 0 Å². The van der Waals surface area contributed by atoms with Crippen LogP contribution < -0.4 is 21.3 Å². The summed E-state index contributed by atoms with van der Waals surface area (Å²) in [7, 11) is 1.76. The van der Waals surface area contributed by atoms with Crippen LogP contribution in [-0.2, 0) is 11.3 Å². The van der Waals surface area contributed by atoms with Gasteiger partial charge in [-0.2, -0.15) is 0 Å². The molecule has 1 atom stereocenters. The first-order chi connectivity index (χ1) is 12.4. The summed E-state index contributed by atoms with van der Waals surface area (Å²) in [6.45, 7) is 8.19. The summed E-state index contributed by atoms with van der Waals surface area (Å²) in [6.07, 6.45) is 2.18. The first kappa shape index (κ1) is 20.0. The summed E-state index contributed by atoms with van der Waals surface area (Å²) in [6, 6.07) is 7.65. The lowest BCUT2D eigenvalue weighted by molar-refractivity contribution is 0.0243. The van der Waals surface area contributed by atoms with Crippen LogP contribution in [0.4, 0.5) is 10.5 Å². The first-order valence-electron chi connectivity index (χ1n) is 9.15. The lowest BCUT2D eigenvalue weighted by Crippen LogP contribution is -2.45. The molecule has 1 aromatic rings. The second kappa shape index (κ2) is 9.43. The summed E-state index contributed by atoms with van der Waals surface area (Å²) < 4.78 is 5.78. The van der Waals surface area contributed by atoms with Crippen molar-refractivity contribution in [3.05, 3.63) is 29.8 Å². The smallest absolute Gasteiger partial charge is 0.319 e. The van der Waals surface area contributed by atoms with Gasteiger partial charge in [0.25, 0.3) is 0 Å². The fourth-order valence-electron chi connectivity index (χ4n) is 2.79. The number of nitrogens with zero attached hydrogens (tertiary/aromatic N) is 1. The topological polar surface area (TPSA) is 86.8 Å². The average Bonchev–Trinajstić information content (AvgIpc) is 3.02. The summed E-state index contributed by atoms with van der Waals surface area (Å²) in [5.41, 5.74) is 1.76. The number of guanidine groups is 1. The van der Waals surface area contributed by atoms with Crippen LogP contribution in [0.1, 0.15) is 39.2 Å². The van der Waals surface area contributed by atoms with Crippen LogP contribution in [0, 0.1) is 0 Å².